The van der Waals surface area contributed by atoms with E-state index in [1.165, 1.54) is 24.3 Å². The average Bonchev–Trinajstić information content (AvgIpc) is 3.25. The molecule has 1 amide bonds. The molecule has 0 radical (unpaired) electrons. The molecule has 9 heteroatoms. The minimum atomic E-state index is -0.572. The number of rotatable bonds is 4. The number of nitro benzene ring substituents is 1. The Hall–Kier alpha value is -4.24. The standard InChI is InChI=1S/C22H15N3O5S/c26-18-9-3-6-15-16(18)7-2-8-17(15)23-22(31)24-21(27)20-11-10-19(30-20)13-4-1-5-14(12-13)25(28)29/h1-12,26H,(H2,23,24,27,31). The van der Waals surface area contributed by atoms with Crippen molar-refractivity contribution in [3.05, 3.63) is 88.7 Å². The van der Waals surface area contributed by atoms with Gasteiger partial charge in [0.1, 0.15) is 11.5 Å². The third-order valence-electron chi connectivity index (χ3n) is 4.55. The molecule has 4 aromatic rings. The minimum Gasteiger partial charge on any atom is -0.507 e. The summed E-state index contributed by atoms with van der Waals surface area (Å²) >= 11 is 5.23. The van der Waals surface area contributed by atoms with Gasteiger partial charge in [0.15, 0.2) is 10.9 Å². The van der Waals surface area contributed by atoms with E-state index in [-0.39, 0.29) is 22.3 Å². The van der Waals surface area contributed by atoms with Crippen molar-refractivity contribution in [1.82, 2.24) is 5.32 Å². The Bertz CT molecular complexity index is 1330. The highest BCUT2D eigenvalue weighted by molar-refractivity contribution is 7.80. The molecule has 0 aliphatic rings. The second kappa shape index (κ2) is 8.25. The number of carbonyl (C=O) groups excluding carboxylic acids is 1. The fraction of sp³-hybridized carbons (Fsp3) is 0. The summed E-state index contributed by atoms with van der Waals surface area (Å²) in [5.41, 5.74) is 1.02. The van der Waals surface area contributed by atoms with Gasteiger partial charge in [-0.25, -0.2) is 0 Å². The SMILES string of the molecule is O=C(NC(=S)Nc1cccc2c(O)cccc12)c1ccc(-c2cccc([N+](=O)[O-])c2)o1. The molecule has 0 fully saturated rings. The number of anilines is 1. The van der Waals surface area contributed by atoms with Gasteiger partial charge in [-0.3, -0.25) is 20.2 Å². The number of hydrogen-bond donors (Lipinski definition) is 3. The second-order valence-electron chi connectivity index (χ2n) is 6.56. The van der Waals surface area contributed by atoms with Gasteiger partial charge in [0, 0.05) is 34.2 Å². The van der Waals surface area contributed by atoms with Crippen LogP contribution in [0.3, 0.4) is 0 Å². The summed E-state index contributed by atoms with van der Waals surface area (Å²) in [5, 5.41) is 27.8. The molecule has 0 bridgehead atoms. The summed E-state index contributed by atoms with van der Waals surface area (Å²) in [6.07, 6.45) is 0. The number of phenols is 1. The van der Waals surface area contributed by atoms with Crippen molar-refractivity contribution in [3.63, 3.8) is 0 Å². The number of phenolic OH excluding ortho intramolecular Hbond substituents is 1. The molecule has 31 heavy (non-hydrogen) atoms. The summed E-state index contributed by atoms with van der Waals surface area (Å²) in [6.45, 7) is 0. The summed E-state index contributed by atoms with van der Waals surface area (Å²) in [5.74, 6) is -0.115. The molecule has 0 saturated heterocycles. The highest BCUT2D eigenvalue weighted by Gasteiger charge is 2.16. The first kappa shape index (κ1) is 20.0. The molecule has 0 spiro atoms. The van der Waals surface area contributed by atoms with Crippen LogP contribution in [0.15, 0.2) is 77.2 Å². The normalized spacial score (nSPS) is 10.6. The van der Waals surface area contributed by atoms with Crippen molar-refractivity contribution in [3.8, 4) is 17.1 Å². The summed E-state index contributed by atoms with van der Waals surface area (Å²) in [4.78, 5) is 22.9. The van der Waals surface area contributed by atoms with Crippen molar-refractivity contribution in [2.45, 2.75) is 0 Å². The highest BCUT2D eigenvalue weighted by atomic mass is 32.1. The Morgan fingerprint density at radius 2 is 1.74 bits per heavy atom. The third kappa shape index (κ3) is 4.21. The number of aromatic hydroxyl groups is 1. The first-order valence-electron chi connectivity index (χ1n) is 9.10. The predicted octanol–water partition coefficient (Wildman–Crippen LogP) is 4.84. The van der Waals surface area contributed by atoms with Crippen molar-refractivity contribution < 1.29 is 19.2 Å². The van der Waals surface area contributed by atoms with Crippen LogP contribution in [-0.4, -0.2) is 21.0 Å². The van der Waals surface area contributed by atoms with Gasteiger partial charge in [0.2, 0.25) is 0 Å². The third-order valence-corrected chi connectivity index (χ3v) is 4.75. The molecule has 4 rings (SSSR count). The van der Waals surface area contributed by atoms with E-state index in [1.807, 2.05) is 6.07 Å². The summed E-state index contributed by atoms with van der Waals surface area (Å²) in [7, 11) is 0. The number of hydrogen-bond acceptors (Lipinski definition) is 6. The van der Waals surface area contributed by atoms with Gasteiger partial charge in [-0.2, -0.15) is 0 Å². The molecule has 8 nitrogen and oxygen atoms in total. The number of nitro groups is 1. The zero-order valence-corrected chi connectivity index (χ0v) is 16.7. The van der Waals surface area contributed by atoms with Crippen LogP contribution in [0.25, 0.3) is 22.1 Å². The molecule has 1 aromatic heterocycles. The number of thiocarbonyl (C=S) groups is 1. The molecule has 0 atom stereocenters. The number of nitrogens with one attached hydrogen (secondary N) is 2. The Labute approximate surface area is 181 Å². The van der Waals surface area contributed by atoms with E-state index in [4.69, 9.17) is 16.6 Å². The van der Waals surface area contributed by atoms with Crippen LogP contribution in [0.5, 0.6) is 5.75 Å². The number of non-ortho nitro benzene ring substituents is 1. The van der Waals surface area contributed by atoms with Crippen LogP contribution in [-0.2, 0) is 0 Å². The molecule has 0 aliphatic heterocycles. The van der Waals surface area contributed by atoms with E-state index in [2.05, 4.69) is 10.6 Å². The molecule has 154 valence electrons. The highest BCUT2D eigenvalue weighted by Crippen LogP contribution is 2.30. The fourth-order valence-corrected chi connectivity index (χ4v) is 3.31. The fourth-order valence-electron chi connectivity index (χ4n) is 3.11. The monoisotopic (exact) mass is 433 g/mol. The minimum absolute atomic E-state index is 0.00113. The Morgan fingerprint density at radius 3 is 2.55 bits per heavy atom. The van der Waals surface area contributed by atoms with Crippen molar-refractivity contribution in [2.24, 2.45) is 0 Å². The number of benzene rings is 3. The van der Waals surface area contributed by atoms with Gasteiger partial charge >= 0.3 is 0 Å². The quantitative estimate of drug-likeness (QED) is 0.239. The topological polar surface area (TPSA) is 118 Å². The number of furan rings is 1. The maximum atomic E-state index is 12.5. The van der Waals surface area contributed by atoms with Crippen LogP contribution < -0.4 is 10.6 Å². The Kier molecular flexibility index (Phi) is 5.33. The molecular formula is C22H15N3O5S. The predicted molar refractivity (Wildman–Crippen MR) is 120 cm³/mol. The smallest absolute Gasteiger partial charge is 0.293 e. The van der Waals surface area contributed by atoms with E-state index >= 15 is 0 Å². The lowest BCUT2D eigenvalue weighted by molar-refractivity contribution is -0.384. The lowest BCUT2D eigenvalue weighted by atomic mass is 10.1. The van der Waals surface area contributed by atoms with Gasteiger partial charge in [-0.15, -0.1) is 0 Å². The van der Waals surface area contributed by atoms with Crippen molar-refractivity contribution in [2.75, 3.05) is 5.32 Å². The van der Waals surface area contributed by atoms with Crippen LogP contribution in [0.2, 0.25) is 0 Å². The summed E-state index contributed by atoms with van der Waals surface area (Å²) < 4.78 is 5.55. The zero-order chi connectivity index (χ0) is 22.0. The van der Waals surface area contributed by atoms with Crippen LogP contribution in [0, 0.1) is 10.1 Å². The molecule has 3 N–H and O–H groups in total. The van der Waals surface area contributed by atoms with Gasteiger partial charge in [0.25, 0.3) is 11.6 Å². The Balaban J connectivity index is 1.48. The molecule has 0 saturated carbocycles. The zero-order valence-electron chi connectivity index (χ0n) is 15.9. The van der Waals surface area contributed by atoms with Crippen molar-refractivity contribution >= 4 is 45.4 Å². The molecule has 1 heterocycles. The Morgan fingerprint density at radius 1 is 1.00 bits per heavy atom. The lowest BCUT2D eigenvalue weighted by Crippen LogP contribution is -2.33. The van der Waals surface area contributed by atoms with E-state index in [9.17, 15) is 20.0 Å². The van der Waals surface area contributed by atoms with Gasteiger partial charge in [-0.1, -0.05) is 36.4 Å². The number of nitrogens with zero attached hydrogens (tertiary/aromatic N) is 1. The van der Waals surface area contributed by atoms with Gasteiger partial charge in [0.05, 0.1) is 4.92 Å². The van der Waals surface area contributed by atoms with Gasteiger partial charge in [-0.05, 0) is 36.5 Å². The molecule has 0 unspecified atom stereocenters. The molecular weight excluding hydrogens is 418 g/mol. The first-order chi connectivity index (χ1) is 14.9. The summed E-state index contributed by atoms with van der Waals surface area (Å²) in [6, 6.07) is 19.4. The number of fused-ring (bicyclic) bond motifs is 1. The van der Waals surface area contributed by atoms with E-state index < -0.39 is 10.8 Å². The van der Waals surface area contributed by atoms with E-state index in [0.29, 0.717) is 22.4 Å². The largest absolute Gasteiger partial charge is 0.507 e. The first-order valence-corrected chi connectivity index (χ1v) is 9.51. The van der Waals surface area contributed by atoms with E-state index in [0.717, 1.165) is 5.39 Å². The van der Waals surface area contributed by atoms with Gasteiger partial charge < -0.3 is 14.8 Å². The van der Waals surface area contributed by atoms with Crippen LogP contribution >= 0.6 is 12.2 Å². The molecule has 0 aliphatic carbocycles. The second-order valence-corrected chi connectivity index (χ2v) is 6.97. The van der Waals surface area contributed by atoms with Crippen LogP contribution in [0.1, 0.15) is 10.6 Å². The van der Waals surface area contributed by atoms with E-state index in [1.54, 1.807) is 42.5 Å². The van der Waals surface area contributed by atoms with Crippen LogP contribution in [0.4, 0.5) is 11.4 Å². The number of amides is 1. The number of carbonyl (C=O) groups is 1. The molecule has 3 aromatic carbocycles. The maximum absolute atomic E-state index is 12.5. The average molecular weight is 433 g/mol. The van der Waals surface area contributed by atoms with Crippen molar-refractivity contribution in [1.29, 1.82) is 0 Å². The lowest BCUT2D eigenvalue weighted by Gasteiger charge is -2.11. The maximum Gasteiger partial charge on any atom is 0.293 e.